The van der Waals surface area contributed by atoms with Gasteiger partial charge in [-0.2, -0.15) is 5.26 Å². The van der Waals surface area contributed by atoms with Crippen molar-refractivity contribution in [1.82, 2.24) is 0 Å². The maximum Gasteiger partial charge on any atom is 0.338 e. The third kappa shape index (κ3) is 7.55. The first kappa shape index (κ1) is 16.6. The van der Waals surface area contributed by atoms with Crippen LogP contribution in [0.25, 0.3) is 0 Å². The van der Waals surface area contributed by atoms with Crippen LogP contribution >= 0.6 is 0 Å². The predicted octanol–water partition coefficient (Wildman–Crippen LogP) is 2.37. The third-order valence-electron chi connectivity index (χ3n) is 2.15. The molecule has 5 nitrogen and oxygen atoms in total. The van der Waals surface area contributed by atoms with Gasteiger partial charge in [0, 0.05) is 11.6 Å². The summed E-state index contributed by atoms with van der Waals surface area (Å²) in [5, 5.41) is 17.1. The molecular weight excluding hydrogens is 246 g/mol. The van der Waals surface area contributed by atoms with Crippen molar-refractivity contribution in [2.75, 3.05) is 6.61 Å². The smallest absolute Gasteiger partial charge is 0.338 e. The summed E-state index contributed by atoms with van der Waals surface area (Å²) >= 11 is 0. The highest BCUT2D eigenvalue weighted by molar-refractivity contribution is 5.93. The molecule has 0 aliphatic rings. The van der Waals surface area contributed by atoms with E-state index in [1.54, 1.807) is 6.07 Å². The van der Waals surface area contributed by atoms with E-state index in [1.165, 1.54) is 25.2 Å². The molecule has 0 heterocycles. The van der Waals surface area contributed by atoms with Crippen molar-refractivity contribution in [2.24, 2.45) is 0 Å². The minimum absolute atomic E-state index is 0.0872. The Hall–Kier alpha value is -2.35. The van der Waals surface area contributed by atoms with Crippen molar-refractivity contribution in [1.29, 1.82) is 5.26 Å². The van der Waals surface area contributed by atoms with Crippen molar-refractivity contribution >= 4 is 11.9 Å². The van der Waals surface area contributed by atoms with Crippen LogP contribution in [0.5, 0.6) is 0 Å². The Kier molecular flexibility index (Phi) is 8.46. The van der Waals surface area contributed by atoms with Crippen LogP contribution in [0.3, 0.4) is 0 Å². The average Bonchev–Trinajstić information content (AvgIpc) is 2.38. The molecule has 0 atom stereocenters. The van der Waals surface area contributed by atoms with Gasteiger partial charge in [0.1, 0.15) is 0 Å². The zero-order valence-corrected chi connectivity index (χ0v) is 11.0. The molecule has 0 spiro atoms. The molecule has 0 unspecified atom stereocenters. The van der Waals surface area contributed by atoms with Crippen LogP contribution < -0.4 is 0 Å². The van der Waals surface area contributed by atoms with Gasteiger partial charge in [-0.15, -0.1) is 0 Å². The Balaban J connectivity index is 4.91. The standard InChI is InChI=1S/C14H17NO4/c1-3-4-10-19-14(18)12(6-5-9-15)8-7-11(2)13(16)17/h5-8H,3-4,10H2,1-2H3,(H,16,17). The van der Waals surface area contributed by atoms with Crippen LogP contribution in [-0.2, 0) is 14.3 Å². The number of carbonyl (C=O) groups excluding carboxylic acids is 1. The molecular formula is C14H17NO4. The summed E-state index contributed by atoms with van der Waals surface area (Å²) in [5.74, 6) is -1.64. The summed E-state index contributed by atoms with van der Waals surface area (Å²) in [7, 11) is 0. The fourth-order valence-electron chi connectivity index (χ4n) is 0.997. The van der Waals surface area contributed by atoms with Gasteiger partial charge in [0.2, 0.25) is 0 Å². The minimum atomic E-state index is -1.07. The summed E-state index contributed by atoms with van der Waals surface area (Å²) in [6.45, 7) is 3.68. The molecule has 102 valence electrons. The van der Waals surface area contributed by atoms with Gasteiger partial charge in [-0.1, -0.05) is 19.4 Å². The van der Waals surface area contributed by atoms with Gasteiger partial charge in [0.25, 0.3) is 0 Å². The Morgan fingerprint density at radius 2 is 2.05 bits per heavy atom. The van der Waals surface area contributed by atoms with Crippen molar-refractivity contribution in [3.8, 4) is 6.07 Å². The molecule has 0 aromatic heterocycles. The van der Waals surface area contributed by atoms with Gasteiger partial charge in [0.05, 0.1) is 18.2 Å². The normalized spacial score (nSPS) is 12.3. The van der Waals surface area contributed by atoms with Crippen LogP contribution in [-0.4, -0.2) is 23.7 Å². The van der Waals surface area contributed by atoms with E-state index in [2.05, 4.69) is 0 Å². The lowest BCUT2D eigenvalue weighted by Gasteiger charge is -2.03. The van der Waals surface area contributed by atoms with Crippen LogP contribution in [0, 0.1) is 11.3 Å². The average molecular weight is 263 g/mol. The van der Waals surface area contributed by atoms with E-state index in [1.807, 2.05) is 6.92 Å². The zero-order valence-electron chi connectivity index (χ0n) is 11.0. The molecule has 0 saturated heterocycles. The number of carboxylic acids is 1. The molecule has 19 heavy (non-hydrogen) atoms. The summed E-state index contributed by atoms with van der Waals surface area (Å²) in [6, 6.07) is 1.76. The van der Waals surface area contributed by atoms with E-state index in [4.69, 9.17) is 15.1 Å². The molecule has 0 aromatic rings. The fraction of sp³-hybridized carbons (Fsp3) is 0.357. The fourth-order valence-corrected chi connectivity index (χ4v) is 0.997. The van der Waals surface area contributed by atoms with E-state index in [0.29, 0.717) is 6.61 Å². The maximum absolute atomic E-state index is 11.7. The monoisotopic (exact) mass is 263 g/mol. The molecule has 0 bridgehead atoms. The number of aliphatic carboxylic acids is 1. The molecule has 1 N–H and O–H groups in total. The quantitative estimate of drug-likeness (QED) is 0.250. The first-order valence-electron chi connectivity index (χ1n) is 5.88. The third-order valence-corrected chi connectivity index (χ3v) is 2.15. The first-order valence-corrected chi connectivity index (χ1v) is 5.88. The summed E-state index contributed by atoms with van der Waals surface area (Å²) in [5.41, 5.74) is 0.225. The van der Waals surface area contributed by atoms with Gasteiger partial charge in [-0.05, 0) is 25.5 Å². The van der Waals surface area contributed by atoms with Gasteiger partial charge < -0.3 is 9.84 Å². The van der Waals surface area contributed by atoms with Crippen molar-refractivity contribution in [2.45, 2.75) is 26.7 Å². The second kappa shape index (κ2) is 9.66. The van der Waals surface area contributed by atoms with Crippen molar-refractivity contribution in [3.05, 3.63) is 35.5 Å². The van der Waals surface area contributed by atoms with Crippen LogP contribution in [0.15, 0.2) is 35.5 Å². The van der Waals surface area contributed by atoms with E-state index < -0.39 is 11.9 Å². The highest BCUT2D eigenvalue weighted by atomic mass is 16.5. The summed E-state index contributed by atoms with van der Waals surface area (Å²) < 4.78 is 4.99. The number of rotatable bonds is 7. The Morgan fingerprint density at radius 1 is 1.37 bits per heavy atom. The molecule has 0 fully saturated rings. The van der Waals surface area contributed by atoms with E-state index >= 15 is 0 Å². The summed E-state index contributed by atoms with van der Waals surface area (Å²) in [6.07, 6.45) is 6.70. The maximum atomic E-state index is 11.7. The molecule has 0 saturated carbocycles. The number of nitriles is 1. The first-order chi connectivity index (χ1) is 9.02. The van der Waals surface area contributed by atoms with E-state index in [-0.39, 0.29) is 11.1 Å². The lowest BCUT2D eigenvalue weighted by molar-refractivity contribution is -0.138. The molecule has 0 rings (SSSR count). The molecule has 0 aliphatic heterocycles. The van der Waals surface area contributed by atoms with Crippen molar-refractivity contribution < 1.29 is 19.4 Å². The number of hydrogen-bond acceptors (Lipinski definition) is 4. The number of esters is 1. The number of allylic oxidation sites excluding steroid dienone is 3. The largest absolute Gasteiger partial charge is 0.478 e. The Labute approximate surface area is 112 Å². The number of hydrogen-bond donors (Lipinski definition) is 1. The Bertz CT molecular complexity index is 453. The highest BCUT2D eigenvalue weighted by Crippen LogP contribution is 2.04. The van der Waals surface area contributed by atoms with Crippen LogP contribution in [0.4, 0.5) is 0 Å². The number of carbonyl (C=O) groups is 2. The lowest BCUT2D eigenvalue weighted by Crippen LogP contribution is -2.07. The van der Waals surface area contributed by atoms with Crippen LogP contribution in [0.2, 0.25) is 0 Å². The van der Waals surface area contributed by atoms with Gasteiger partial charge in [0.15, 0.2) is 0 Å². The molecule has 5 heteroatoms. The number of ether oxygens (including phenoxy) is 1. The van der Waals surface area contributed by atoms with E-state index in [9.17, 15) is 9.59 Å². The number of unbranched alkanes of at least 4 members (excludes halogenated alkanes) is 1. The topological polar surface area (TPSA) is 87.4 Å². The highest BCUT2D eigenvalue weighted by Gasteiger charge is 2.07. The van der Waals surface area contributed by atoms with Gasteiger partial charge >= 0.3 is 11.9 Å². The Morgan fingerprint density at radius 3 is 2.58 bits per heavy atom. The SMILES string of the molecule is CCCCOC(=O)C(C=CC#N)=CC=C(C)C(=O)O. The second-order valence-corrected chi connectivity index (χ2v) is 3.73. The molecule has 0 aliphatic carbocycles. The molecule has 0 amide bonds. The second-order valence-electron chi connectivity index (χ2n) is 3.73. The minimum Gasteiger partial charge on any atom is -0.478 e. The van der Waals surface area contributed by atoms with Crippen LogP contribution in [0.1, 0.15) is 26.7 Å². The van der Waals surface area contributed by atoms with Gasteiger partial charge in [-0.25, -0.2) is 9.59 Å². The molecule has 0 aromatic carbocycles. The lowest BCUT2D eigenvalue weighted by atomic mass is 10.2. The summed E-state index contributed by atoms with van der Waals surface area (Å²) in [4.78, 5) is 22.3. The zero-order chi connectivity index (χ0) is 14.7. The molecule has 0 radical (unpaired) electrons. The number of carboxylic acid groups (broad SMARTS) is 1. The van der Waals surface area contributed by atoms with Crippen molar-refractivity contribution in [3.63, 3.8) is 0 Å². The number of nitrogens with zero attached hydrogens (tertiary/aromatic N) is 1. The predicted molar refractivity (Wildman–Crippen MR) is 70.1 cm³/mol. The van der Waals surface area contributed by atoms with E-state index in [0.717, 1.165) is 18.9 Å². The van der Waals surface area contributed by atoms with Gasteiger partial charge in [-0.3, -0.25) is 0 Å².